The molecular formula is C16H20FN3O3. The number of ether oxygens (including phenoxy) is 1. The van der Waals surface area contributed by atoms with Crippen molar-refractivity contribution in [2.45, 2.75) is 26.2 Å². The lowest BCUT2D eigenvalue weighted by molar-refractivity contribution is 0.195. The number of hydrogen-bond donors (Lipinski definition) is 2. The summed E-state index contributed by atoms with van der Waals surface area (Å²) in [6, 6.07) is 3.54. The van der Waals surface area contributed by atoms with E-state index in [-0.39, 0.29) is 18.7 Å². The molecule has 0 bridgehead atoms. The highest BCUT2D eigenvalue weighted by molar-refractivity contribution is 5.64. The second-order valence-electron chi connectivity index (χ2n) is 5.18. The van der Waals surface area contributed by atoms with E-state index in [9.17, 15) is 9.18 Å². The van der Waals surface area contributed by atoms with E-state index >= 15 is 0 Å². The number of pyridine rings is 1. The average molecular weight is 321 g/mol. The summed E-state index contributed by atoms with van der Waals surface area (Å²) in [6.07, 6.45) is 6.11. The predicted molar refractivity (Wildman–Crippen MR) is 84.5 cm³/mol. The van der Waals surface area contributed by atoms with Gasteiger partial charge in [0, 0.05) is 30.6 Å². The molecule has 2 rings (SSSR count). The second kappa shape index (κ2) is 8.17. The van der Waals surface area contributed by atoms with Crippen molar-refractivity contribution in [2.75, 3.05) is 13.2 Å². The first kappa shape index (κ1) is 16.8. The van der Waals surface area contributed by atoms with E-state index in [0.29, 0.717) is 12.1 Å². The van der Waals surface area contributed by atoms with Gasteiger partial charge in [-0.3, -0.25) is 0 Å². The van der Waals surface area contributed by atoms with Crippen molar-refractivity contribution in [3.63, 3.8) is 0 Å². The SMILES string of the molecule is CCCCc1cn2ccc(OCC(=CF)CNC(=O)O)cc2n1. The summed E-state index contributed by atoms with van der Waals surface area (Å²) in [7, 11) is 0. The Labute approximate surface area is 133 Å². The molecule has 0 unspecified atom stereocenters. The van der Waals surface area contributed by atoms with Crippen LogP contribution in [0.5, 0.6) is 5.75 Å². The Balaban J connectivity index is 1.98. The van der Waals surface area contributed by atoms with Gasteiger partial charge in [0.25, 0.3) is 0 Å². The van der Waals surface area contributed by atoms with Gasteiger partial charge in [-0.15, -0.1) is 0 Å². The van der Waals surface area contributed by atoms with Gasteiger partial charge in [0.2, 0.25) is 0 Å². The number of halogens is 1. The Morgan fingerprint density at radius 2 is 2.39 bits per heavy atom. The first-order chi connectivity index (χ1) is 11.1. The molecule has 0 aliphatic rings. The Hall–Kier alpha value is -2.57. The molecule has 0 saturated carbocycles. The van der Waals surface area contributed by atoms with Crippen molar-refractivity contribution in [2.24, 2.45) is 0 Å². The number of rotatable bonds is 8. The topological polar surface area (TPSA) is 75.9 Å². The van der Waals surface area contributed by atoms with E-state index in [0.717, 1.165) is 30.6 Å². The number of carbonyl (C=O) groups is 1. The van der Waals surface area contributed by atoms with E-state index in [1.165, 1.54) is 0 Å². The van der Waals surface area contributed by atoms with Crippen molar-refractivity contribution in [1.82, 2.24) is 14.7 Å². The van der Waals surface area contributed by atoms with Crippen molar-refractivity contribution in [3.8, 4) is 5.75 Å². The van der Waals surface area contributed by atoms with Crippen molar-refractivity contribution in [3.05, 3.63) is 42.1 Å². The summed E-state index contributed by atoms with van der Waals surface area (Å²) >= 11 is 0. The Kier molecular flexibility index (Phi) is 5.96. The molecule has 0 aliphatic heterocycles. The Morgan fingerprint density at radius 1 is 1.57 bits per heavy atom. The number of amides is 1. The summed E-state index contributed by atoms with van der Waals surface area (Å²) in [5.41, 5.74) is 2.00. The Morgan fingerprint density at radius 3 is 3.09 bits per heavy atom. The lowest BCUT2D eigenvalue weighted by Crippen LogP contribution is -2.25. The van der Waals surface area contributed by atoms with E-state index in [4.69, 9.17) is 9.84 Å². The molecule has 2 aromatic heterocycles. The third kappa shape index (κ3) is 4.98. The molecule has 0 radical (unpaired) electrons. The van der Waals surface area contributed by atoms with Crippen LogP contribution in [0.4, 0.5) is 9.18 Å². The molecule has 0 fully saturated rings. The highest BCUT2D eigenvalue weighted by atomic mass is 19.1. The smallest absolute Gasteiger partial charge is 0.404 e. The van der Waals surface area contributed by atoms with Crippen LogP contribution in [0.15, 0.2) is 36.4 Å². The molecule has 0 saturated heterocycles. The zero-order valence-electron chi connectivity index (χ0n) is 13.0. The van der Waals surface area contributed by atoms with Gasteiger partial charge in [0.15, 0.2) is 0 Å². The second-order valence-corrected chi connectivity index (χ2v) is 5.18. The number of imidazole rings is 1. The van der Waals surface area contributed by atoms with E-state index < -0.39 is 6.09 Å². The number of unbranched alkanes of at least 4 members (excludes halogenated alkanes) is 1. The summed E-state index contributed by atoms with van der Waals surface area (Å²) in [6.45, 7) is 1.99. The van der Waals surface area contributed by atoms with E-state index in [2.05, 4.69) is 17.2 Å². The van der Waals surface area contributed by atoms with Gasteiger partial charge in [-0.05, 0) is 18.9 Å². The quantitative estimate of drug-likeness (QED) is 0.783. The number of hydrogen-bond acceptors (Lipinski definition) is 3. The molecule has 0 atom stereocenters. The first-order valence-electron chi connectivity index (χ1n) is 7.47. The van der Waals surface area contributed by atoms with E-state index in [1.54, 1.807) is 12.1 Å². The van der Waals surface area contributed by atoms with Crippen LogP contribution in [-0.2, 0) is 6.42 Å². The van der Waals surface area contributed by atoms with Gasteiger partial charge in [-0.25, -0.2) is 14.2 Å². The van der Waals surface area contributed by atoms with Crippen LogP contribution >= 0.6 is 0 Å². The number of aromatic nitrogens is 2. The third-order valence-corrected chi connectivity index (χ3v) is 3.31. The molecule has 0 spiro atoms. The van der Waals surface area contributed by atoms with Crippen LogP contribution in [0.1, 0.15) is 25.5 Å². The number of nitrogens with zero attached hydrogens (tertiary/aromatic N) is 2. The minimum atomic E-state index is -1.21. The molecule has 23 heavy (non-hydrogen) atoms. The Bertz CT molecular complexity index is 697. The molecule has 2 N–H and O–H groups in total. The maximum Gasteiger partial charge on any atom is 0.404 e. The monoisotopic (exact) mass is 321 g/mol. The van der Waals surface area contributed by atoms with Crippen molar-refractivity contribution < 1.29 is 19.0 Å². The highest BCUT2D eigenvalue weighted by Gasteiger charge is 2.05. The molecule has 6 nitrogen and oxygen atoms in total. The van der Waals surface area contributed by atoms with Gasteiger partial charge in [0.1, 0.15) is 18.0 Å². The number of carboxylic acid groups (broad SMARTS) is 1. The molecule has 7 heteroatoms. The summed E-state index contributed by atoms with van der Waals surface area (Å²) in [4.78, 5) is 14.9. The summed E-state index contributed by atoms with van der Waals surface area (Å²) < 4.78 is 20.1. The normalized spacial score (nSPS) is 11.7. The van der Waals surface area contributed by atoms with Gasteiger partial charge in [-0.1, -0.05) is 13.3 Å². The summed E-state index contributed by atoms with van der Waals surface area (Å²) in [5.74, 6) is 0.555. The molecule has 0 aromatic carbocycles. The zero-order chi connectivity index (χ0) is 16.7. The third-order valence-electron chi connectivity index (χ3n) is 3.31. The minimum Gasteiger partial charge on any atom is -0.489 e. The fourth-order valence-corrected chi connectivity index (χ4v) is 2.07. The highest BCUT2D eigenvalue weighted by Crippen LogP contribution is 2.16. The molecule has 124 valence electrons. The van der Waals surface area contributed by atoms with Crippen LogP contribution in [0.2, 0.25) is 0 Å². The fraction of sp³-hybridized carbons (Fsp3) is 0.375. The molecule has 1 amide bonds. The van der Waals surface area contributed by atoms with Crippen LogP contribution in [-0.4, -0.2) is 33.7 Å². The standard InChI is InChI=1S/C16H20FN3O3/c1-2-3-4-13-10-20-6-5-14(7-15(20)19-13)23-11-12(8-17)9-18-16(21)22/h5-8,10,18H,2-4,9,11H2,1H3,(H,21,22). The van der Waals surface area contributed by atoms with Crippen molar-refractivity contribution >= 4 is 11.7 Å². The van der Waals surface area contributed by atoms with Crippen LogP contribution in [0.25, 0.3) is 5.65 Å². The predicted octanol–water partition coefficient (Wildman–Crippen LogP) is 3.18. The van der Waals surface area contributed by atoms with Crippen LogP contribution in [0, 0.1) is 0 Å². The van der Waals surface area contributed by atoms with Crippen LogP contribution < -0.4 is 10.1 Å². The molecular weight excluding hydrogens is 301 g/mol. The molecule has 2 heterocycles. The van der Waals surface area contributed by atoms with Gasteiger partial charge >= 0.3 is 6.09 Å². The molecule has 2 aromatic rings. The number of fused-ring (bicyclic) bond motifs is 1. The van der Waals surface area contributed by atoms with E-state index in [1.807, 2.05) is 16.8 Å². The maximum atomic E-state index is 12.7. The average Bonchev–Trinajstić information content (AvgIpc) is 2.94. The zero-order valence-corrected chi connectivity index (χ0v) is 13.0. The van der Waals surface area contributed by atoms with Crippen LogP contribution in [0.3, 0.4) is 0 Å². The number of aryl methyl sites for hydroxylation is 1. The summed E-state index contributed by atoms with van der Waals surface area (Å²) in [5, 5.41) is 10.6. The lowest BCUT2D eigenvalue weighted by Gasteiger charge is -2.09. The largest absolute Gasteiger partial charge is 0.489 e. The lowest BCUT2D eigenvalue weighted by atomic mass is 10.2. The number of nitrogens with one attached hydrogen (secondary N) is 1. The minimum absolute atomic E-state index is 0.0314. The fourth-order valence-electron chi connectivity index (χ4n) is 2.07. The first-order valence-corrected chi connectivity index (χ1v) is 7.47. The maximum absolute atomic E-state index is 12.7. The van der Waals surface area contributed by atoms with Gasteiger partial charge in [-0.2, -0.15) is 0 Å². The van der Waals surface area contributed by atoms with Gasteiger partial charge < -0.3 is 19.6 Å². The van der Waals surface area contributed by atoms with Crippen molar-refractivity contribution in [1.29, 1.82) is 0 Å². The molecule has 0 aliphatic carbocycles. The van der Waals surface area contributed by atoms with Gasteiger partial charge in [0.05, 0.1) is 12.0 Å².